The first-order valence-corrected chi connectivity index (χ1v) is 8.67. The van der Waals surface area contributed by atoms with Crippen LogP contribution in [0.3, 0.4) is 0 Å². The highest BCUT2D eigenvalue weighted by Crippen LogP contribution is 2.42. The molecule has 1 aromatic heterocycles. The van der Waals surface area contributed by atoms with Crippen molar-refractivity contribution < 1.29 is 14.5 Å². The summed E-state index contributed by atoms with van der Waals surface area (Å²) in [5.74, 6) is -0.899. The second-order valence-electron chi connectivity index (χ2n) is 6.15. The van der Waals surface area contributed by atoms with Crippen LogP contribution in [-0.2, 0) is 5.41 Å². The average molecular weight is 338 g/mol. The lowest BCUT2D eigenvalue weighted by atomic mass is 9.76. The Morgan fingerprint density at radius 1 is 1.38 bits per heavy atom. The number of hydrogen-bond acceptors (Lipinski definition) is 2. The molecular formula is C20H20NO2S+. The molecule has 1 aromatic carbocycles. The molecule has 1 atom stereocenters. The lowest BCUT2D eigenvalue weighted by Crippen LogP contribution is -2.30. The molecule has 3 nitrogen and oxygen atoms in total. The van der Waals surface area contributed by atoms with Gasteiger partial charge in [-0.2, -0.15) is 4.58 Å². The van der Waals surface area contributed by atoms with Gasteiger partial charge in [0, 0.05) is 22.6 Å². The van der Waals surface area contributed by atoms with Crippen LogP contribution < -0.4 is 0 Å². The molecule has 122 valence electrons. The Bertz CT molecular complexity index is 862. The van der Waals surface area contributed by atoms with Crippen molar-refractivity contribution in [3.05, 3.63) is 70.4 Å². The predicted octanol–water partition coefficient (Wildman–Crippen LogP) is 4.72. The van der Waals surface area contributed by atoms with Gasteiger partial charge in [-0.15, -0.1) is 17.9 Å². The maximum absolute atomic E-state index is 11.4. The van der Waals surface area contributed by atoms with Gasteiger partial charge in [0.2, 0.25) is 5.69 Å². The number of aromatic carboxylic acids is 1. The molecule has 0 amide bonds. The first kappa shape index (κ1) is 16.4. The summed E-state index contributed by atoms with van der Waals surface area (Å²) in [5.41, 5.74) is 3.27. The number of carboxylic acids is 1. The molecule has 0 fully saturated rings. The number of carboxylic acid groups (broad SMARTS) is 1. The minimum atomic E-state index is -0.899. The topological polar surface area (TPSA) is 40.3 Å². The van der Waals surface area contributed by atoms with Crippen LogP contribution in [0.2, 0.25) is 0 Å². The quantitative estimate of drug-likeness (QED) is 0.633. The van der Waals surface area contributed by atoms with E-state index in [-0.39, 0.29) is 5.41 Å². The summed E-state index contributed by atoms with van der Waals surface area (Å²) < 4.78 is 2.15. The Balaban J connectivity index is 2.12. The molecule has 1 N–H and O–H groups in total. The van der Waals surface area contributed by atoms with E-state index in [4.69, 9.17) is 0 Å². The third-order valence-electron chi connectivity index (χ3n) is 4.63. The van der Waals surface area contributed by atoms with Gasteiger partial charge in [-0.05, 0) is 43.0 Å². The summed E-state index contributed by atoms with van der Waals surface area (Å²) in [7, 11) is 2.03. The van der Waals surface area contributed by atoms with Gasteiger partial charge in [-0.3, -0.25) is 0 Å². The van der Waals surface area contributed by atoms with Crippen molar-refractivity contribution in [3.63, 3.8) is 0 Å². The van der Waals surface area contributed by atoms with E-state index < -0.39 is 5.97 Å². The number of nitrogens with zero attached hydrogens (tertiary/aromatic N) is 1. The maximum atomic E-state index is 11.4. The van der Waals surface area contributed by atoms with Gasteiger partial charge in [-0.25, -0.2) is 4.79 Å². The van der Waals surface area contributed by atoms with Crippen LogP contribution in [0.4, 0.5) is 5.69 Å². The van der Waals surface area contributed by atoms with Gasteiger partial charge in [0.25, 0.3) is 0 Å². The van der Waals surface area contributed by atoms with Crippen LogP contribution in [-0.4, -0.2) is 28.4 Å². The van der Waals surface area contributed by atoms with Crippen molar-refractivity contribution in [1.29, 1.82) is 0 Å². The molecule has 2 heterocycles. The molecule has 3 rings (SSSR count). The van der Waals surface area contributed by atoms with E-state index in [0.29, 0.717) is 5.56 Å². The fourth-order valence-corrected chi connectivity index (χ4v) is 4.01. The smallest absolute Gasteiger partial charge is 0.335 e. The van der Waals surface area contributed by atoms with E-state index in [1.165, 1.54) is 4.88 Å². The van der Waals surface area contributed by atoms with Gasteiger partial charge < -0.3 is 5.11 Å². The molecule has 4 heteroatoms. The third-order valence-corrected chi connectivity index (χ3v) is 5.46. The van der Waals surface area contributed by atoms with Crippen LogP contribution in [0.1, 0.15) is 34.1 Å². The van der Waals surface area contributed by atoms with Crippen molar-refractivity contribution in [2.45, 2.75) is 18.8 Å². The normalized spacial score (nSPS) is 19.8. The average Bonchev–Trinajstić information content (AvgIpc) is 3.13. The Morgan fingerprint density at radius 2 is 2.17 bits per heavy atom. The first-order chi connectivity index (χ1) is 11.5. The largest absolute Gasteiger partial charge is 0.478 e. The fourth-order valence-electron chi connectivity index (χ4n) is 3.39. The highest BCUT2D eigenvalue weighted by molar-refractivity contribution is 7.10. The van der Waals surface area contributed by atoms with Gasteiger partial charge in [-0.1, -0.05) is 12.1 Å². The molecule has 1 aliphatic heterocycles. The van der Waals surface area contributed by atoms with Crippen LogP contribution in [0.15, 0.2) is 54.4 Å². The summed E-state index contributed by atoms with van der Waals surface area (Å²) in [5, 5.41) is 11.4. The summed E-state index contributed by atoms with van der Waals surface area (Å²) in [6.45, 7) is 6.05. The number of fused-ring (bicyclic) bond motifs is 1. The molecule has 2 aromatic rings. The van der Waals surface area contributed by atoms with Gasteiger partial charge in [0.1, 0.15) is 7.05 Å². The number of benzene rings is 1. The van der Waals surface area contributed by atoms with E-state index >= 15 is 0 Å². The molecule has 24 heavy (non-hydrogen) atoms. The lowest BCUT2D eigenvalue weighted by molar-refractivity contribution is -0.401. The number of hydrogen-bond donors (Lipinski definition) is 1. The van der Waals surface area contributed by atoms with E-state index in [0.717, 1.165) is 23.4 Å². The standard InChI is InChI=1S/C20H19NO2S/c1-4-11-20(2)16-13-14(19(22)23)7-9-17(16)21(3)18(20)10-8-15-6-5-12-24-15/h4-10,12-13H,1,11H2,2-3H3/p+1. The summed E-state index contributed by atoms with van der Waals surface area (Å²) in [6, 6.07) is 9.47. The molecule has 0 saturated carbocycles. The lowest BCUT2D eigenvalue weighted by Gasteiger charge is -2.20. The van der Waals surface area contributed by atoms with E-state index in [9.17, 15) is 9.90 Å². The highest BCUT2D eigenvalue weighted by atomic mass is 32.1. The summed E-state index contributed by atoms with van der Waals surface area (Å²) in [4.78, 5) is 12.6. The van der Waals surface area contributed by atoms with E-state index in [2.05, 4.69) is 41.7 Å². The SMILES string of the molecule is C=CCC1(C)C(C=Cc2cccs2)=[N+](C)c2ccc(C(=O)O)cc21. The molecule has 0 radical (unpaired) electrons. The molecule has 0 aliphatic carbocycles. The van der Waals surface area contributed by atoms with Crippen LogP contribution in [0.5, 0.6) is 0 Å². The van der Waals surface area contributed by atoms with Gasteiger partial charge >= 0.3 is 5.97 Å². The molecule has 0 saturated heterocycles. The summed E-state index contributed by atoms with van der Waals surface area (Å²) in [6.07, 6.45) is 6.89. The second kappa shape index (κ2) is 6.21. The van der Waals surface area contributed by atoms with Crippen molar-refractivity contribution in [2.75, 3.05) is 7.05 Å². The van der Waals surface area contributed by atoms with Gasteiger partial charge in [0.05, 0.1) is 11.0 Å². The number of thiophene rings is 1. The zero-order valence-electron chi connectivity index (χ0n) is 13.8. The van der Waals surface area contributed by atoms with E-state index in [1.807, 2.05) is 25.3 Å². The number of rotatable bonds is 5. The molecule has 0 bridgehead atoms. The summed E-state index contributed by atoms with van der Waals surface area (Å²) >= 11 is 1.69. The minimum absolute atomic E-state index is 0.287. The Kier molecular flexibility index (Phi) is 4.24. The minimum Gasteiger partial charge on any atom is -0.478 e. The number of allylic oxidation sites excluding steroid dienone is 2. The van der Waals surface area contributed by atoms with Crippen LogP contribution in [0, 0.1) is 0 Å². The van der Waals surface area contributed by atoms with Crippen molar-refractivity contribution in [3.8, 4) is 0 Å². The van der Waals surface area contributed by atoms with Crippen LogP contribution in [0.25, 0.3) is 6.08 Å². The molecule has 1 unspecified atom stereocenters. The molecule has 0 spiro atoms. The first-order valence-electron chi connectivity index (χ1n) is 7.79. The molecular weight excluding hydrogens is 318 g/mol. The van der Waals surface area contributed by atoms with Crippen molar-refractivity contribution in [1.82, 2.24) is 0 Å². The third kappa shape index (κ3) is 2.63. The molecule has 1 aliphatic rings. The maximum Gasteiger partial charge on any atom is 0.335 e. The van der Waals surface area contributed by atoms with Crippen LogP contribution >= 0.6 is 11.3 Å². The Morgan fingerprint density at radius 3 is 2.79 bits per heavy atom. The van der Waals surface area contributed by atoms with Crippen molar-refractivity contribution in [2.24, 2.45) is 0 Å². The predicted molar refractivity (Wildman–Crippen MR) is 99.8 cm³/mol. The zero-order valence-corrected chi connectivity index (χ0v) is 14.6. The zero-order chi connectivity index (χ0) is 17.3. The second-order valence-corrected chi connectivity index (χ2v) is 7.13. The Labute approximate surface area is 145 Å². The number of carbonyl (C=O) groups is 1. The van der Waals surface area contributed by atoms with E-state index in [1.54, 1.807) is 23.5 Å². The fraction of sp³-hybridized carbons (Fsp3) is 0.200. The Hall–Kier alpha value is -2.46. The van der Waals surface area contributed by atoms with Crippen molar-refractivity contribution >= 4 is 34.8 Å². The monoisotopic (exact) mass is 338 g/mol. The highest BCUT2D eigenvalue weighted by Gasteiger charge is 2.46. The van der Waals surface area contributed by atoms with Gasteiger partial charge in [0.15, 0.2) is 5.71 Å².